The van der Waals surface area contributed by atoms with E-state index in [2.05, 4.69) is 5.32 Å². The summed E-state index contributed by atoms with van der Waals surface area (Å²) < 4.78 is 37.0. The molecule has 0 unspecified atom stereocenters. The average Bonchev–Trinajstić information content (AvgIpc) is 2.25. The van der Waals surface area contributed by atoms with E-state index in [4.69, 9.17) is 5.73 Å². The summed E-state index contributed by atoms with van der Waals surface area (Å²) in [5.74, 6) is -0.265. The minimum atomic E-state index is -4.37. The fraction of sp³-hybridized carbons (Fsp3) is 0.462. The van der Waals surface area contributed by atoms with Crippen molar-refractivity contribution in [1.82, 2.24) is 0 Å². The molecule has 0 aliphatic rings. The lowest BCUT2D eigenvalue weighted by Crippen LogP contribution is -2.33. The topological polar surface area (TPSA) is 55.1 Å². The molecule has 0 atom stereocenters. The quantitative estimate of drug-likeness (QED) is 0.886. The lowest BCUT2D eigenvalue weighted by atomic mass is 10.00. The molecule has 0 aliphatic carbocycles. The summed E-state index contributed by atoms with van der Waals surface area (Å²) in [5.41, 5.74) is 4.89. The molecule has 19 heavy (non-hydrogen) atoms. The number of hydrogen-bond acceptors (Lipinski definition) is 2. The predicted octanol–water partition coefficient (Wildman–Crippen LogP) is 3.16. The van der Waals surface area contributed by atoms with Crippen molar-refractivity contribution in [3.63, 3.8) is 0 Å². The zero-order valence-electron chi connectivity index (χ0n) is 10.8. The van der Waals surface area contributed by atoms with Gasteiger partial charge in [-0.3, -0.25) is 4.79 Å². The summed E-state index contributed by atoms with van der Waals surface area (Å²) in [6.45, 7) is 3.61. The number of nitrogens with two attached hydrogens (primary N) is 1. The first-order valence-corrected chi connectivity index (χ1v) is 5.84. The van der Waals surface area contributed by atoms with Gasteiger partial charge in [0, 0.05) is 17.6 Å². The van der Waals surface area contributed by atoms with Gasteiger partial charge in [-0.1, -0.05) is 0 Å². The molecule has 1 rings (SSSR count). The van der Waals surface area contributed by atoms with E-state index >= 15 is 0 Å². The van der Waals surface area contributed by atoms with E-state index in [9.17, 15) is 18.0 Å². The summed E-state index contributed by atoms with van der Waals surface area (Å²) in [5, 5.41) is 2.53. The first-order valence-electron chi connectivity index (χ1n) is 5.84. The molecule has 1 aromatic rings. The lowest BCUT2D eigenvalue weighted by Gasteiger charge is -2.17. The second kappa shape index (κ2) is 5.61. The molecule has 0 bridgehead atoms. The first-order chi connectivity index (χ1) is 8.58. The standard InChI is InChI=1S/C13H17F3N2O/c1-12(2,17)8-7-11(19)18-10-5-3-9(4-6-10)13(14,15)16/h3-6H,7-8,17H2,1-2H3,(H,18,19). The van der Waals surface area contributed by atoms with Crippen molar-refractivity contribution < 1.29 is 18.0 Å². The van der Waals surface area contributed by atoms with Crippen molar-refractivity contribution >= 4 is 11.6 Å². The third kappa shape index (κ3) is 5.74. The Labute approximate surface area is 110 Å². The first kappa shape index (κ1) is 15.5. The second-order valence-electron chi connectivity index (χ2n) is 5.11. The van der Waals surface area contributed by atoms with Gasteiger partial charge in [0.2, 0.25) is 5.91 Å². The van der Waals surface area contributed by atoms with Gasteiger partial charge < -0.3 is 11.1 Å². The van der Waals surface area contributed by atoms with Crippen molar-refractivity contribution in [1.29, 1.82) is 0 Å². The molecule has 3 N–H and O–H groups in total. The molecule has 1 amide bonds. The van der Waals surface area contributed by atoms with Crippen LogP contribution in [-0.2, 0) is 11.0 Å². The van der Waals surface area contributed by atoms with Crippen LogP contribution in [-0.4, -0.2) is 11.4 Å². The van der Waals surface area contributed by atoms with E-state index < -0.39 is 17.3 Å². The smallest absolute Gasteiger partial charge is 0.326 e. The molecule has 0 aromatic heterocycles. The van der Waals surface area contributed by atoms with E-state index in [0.717, 1.165) is 12.1 Å². The van der Waals surface area contributed by atoms with Crippen LogP contribution in [0.2, 0.25) is 0 Å². The van der Waals surface area contributed by atoms with Gasteiger partial charge in [-0.25, -0.2) is 0 Å². The highest BCUT2D eigenvalue weighted by Crippen LogP contribution is 2.29. The fourth-order valence-corrected chi connectivity index (χ4v) is 1.40. The number of halogens is 3. The Balaban J connectivity index is 2.56. The summed E-state index contributed by atoms with van der Waals surface area (Å²) in [6, 6.07) is 4.33. The van der Waals surface area contributed by atoms with E-state index in [1.807, 2.05) is 0 Å². The van der Waals surface area contributed by atoms with Gasteiger partial charge in [0.1, 0.15) is 0 Å². The maximum Gasteiger partial charge on any atom is 0.416 e. The van der Waals surface area contributed by atoms with Crippen LogP contribution in [0.4, 0.5) is 18.9 Å². The third-order valence-corrected chi connectivity index (χ3v) is 2.49. The Hall–Kier alpha value is -1.56. The minimum Gasteiger partial charge on any atom is -0.326 e. The number of nitrogens with one attached hydrogen (secondary N) is 1. The highest BCUT2D eigenvalue weighted by atomic mass is 19.4. The van der Waals surface area contributed by atoms with Gasteiger partial charge in [0.05, 0.1) is 5.56 Å². The summed E-state index contributed by atoms with van der Waals surface area (Å²) in [4.78, 5) is 11.6. The Kier molecular flexibility index (Phi) is 4.57. The van der Waals surface area contributed by atoms with E-state index in [1.165, 1.54) is 12.1 Å². The van der Waals surface area contributed by atoms with Crippen LogP contribution in [0.5, 0.6) is 0 Å². The Morgan fingerprint density at radius 2 is 1.74 bits per heavy atom. The van der Waals surface area contributed by atoms with Gasteiger partial charge in [-0.15, -0.1) is 0 Å². The molecule has 0 saturated heterocycles. The summed E-state index contributed by atoms with van der Waals surface area (Å²) in [7, 11) is 0. The molecular formula is C13H17F3N2O. The zero-order valence-corrected chi connectivity index (χ0v) is 10.8. The monoisotopic (exact) mass is 274 g/mol. The van der Waals surface area contributed by atoms with Crippen molar-refractivity contribution in [2.24, 2.45) is 5.73 Å². The predicted molar refractivity (Wildman–Crippen MR) is 67.6 cm³/mol. The van der Waals surface area contributed by atoms with Gasteiger partial charge in [0.25, 0.3) is 0 Å². The highest BCUT2D eigenvalue weighted by molar-refractivity contribution is 5.90. The van der Waals surface area contributed by atoms with E-state index in [-0.39, 0.29) is 12.3 Å². The van der Waals surface area contributed by atoms with E-state index in [0.29, 0.717) is 12.1 Å². The zero-order chi connectivity index (χ0) is 14.7. The van der Waals surface area contributed by atoms with Crippen molar-refractivity contribution in [3.8, 4) is 0 Å². The molecule has 6 heteroatoms. The largest absolute Gasteiger partial charge is 0.416 e. The maximum atomic E-state index is 12.3. The molecule has 0 radical (unpaired) electrons. The molecule has 0 aliphatic heterocycles. The minimum absolute atomic E-state index is 0.227. The average molecular weight is 274 g/mol. The molecule has 0 heterocycles. The summed E-state index contributed by atoms with van der Waals surface area (Å²) >= 11 is 0. The number of benzene rings is 1. The van der Waals surface area contributed by atoms with Crippen LogP contribution in [0.15, 0.2) is 24.3 Å². The van der Waals surface area contributed by atoms with Crippen LogP contribution in [0, 0.1) is 0 Å². The Morgan fingerprint density at radius 3 is 2.16 bits per heavy atom. The molecule has 3 nitrogen and oxygen atoms in total. The van der Waals surface area contributed by atoms with Crippen molar-refractivity contribution in [2.75, 3.05) is 5.32 Å². The molecule has 106 valence electrons. The third-order valence-electron chi connectivity index (χ3n) is 2.49. The Bertz CT molecular complexity index is 433. The van der Waals surface area contributed by atoms with Gasteiger partial charge in [0.15, 0.2) is 0 Å². The van der Waals surface area contributed by atoms with Gasteiger partial charge >= 0.3 is 6.18 Å². The summed E-state index contributed by atoms with van der Waals surface area (Å²) in [6.07, 6.45) is -3.64. The number of carbonyl (C=O) groups excluding carboxylic acids is 1. The number of carbonyl (C=O) groups is 1. The molecule has 1 aromatic carbocycles. The second-order valence-corrected chi connectivity index (χ2v) is 5.11. The number of rotatable bonds is 4. The highest BCUT2D eigenvalue weighted by Gasteiger charge is 2.29. The molecule has 0 fully saturated rings. The van der Waals surface area contributed by atoms with Crippen LogP contribution in [0.1, 0.15) is 32.3 Å². The number of alkyl halides is 3. The van der Waals surface area contributed by atoms with Gasteiger partial charge in [-0.2, -0.15) is 13.2 Å². The lowest BCUT2D eigenvalue weighted by molar-refractivity contribution is -0.137. The van der Waals surface area contributed by atoms with Crippen LogP contribution in [0.25, 0.3) is 0 Å². The van der Waals surface area contributed by atoms with Crippen LogP contribution in [0.3, 0.4) is 0 Å². The molecule has 0 spiro atoms. The Morgan fingerprint density at radius 1 is 1.21 bits per heavy atom. The number of anilines is 1. The SMILES string of the molecule is CC(C)(N)CCC(=O)Nc1ccc(C(F)(F)F)cc1. The molecular weight excluding hydrogens is 257 g/mol. The van der Waals surface area contributed by atoms with E-state index in [1.54, 1.807) is 13.8 Å². The van der Waals surface area contributed by atoms with Crippen LogP contribution >= 0.6 is 0 Å². The maximum absolute atomic E-state index is 12.3. The molecule has 0 saturated carbocycles. The number of hydrogen-bond donors (Lipinski definition) is 2. The fourth-order valence-electron chi connectivity index (χ4n) is 1.40. The normalized spacial score (nSPS) is 12.3. The van der Waals surface area contributed by atoms with Crippen molar-refractivity contribution in [2.45, 2.75) is 38.4 Å². The van der Waals surface area contributed by atoms with Crippen LogP contribution < -0.4 is 11.1 Å². The van der Waals surface area contributed by atoms with Gasteiger partial charge in [-0.05, 0) is 44.5 Å². The van der Waals surface area contributed by atoms with Crippen molar-refractivity contribution in [3.05, 3.63) is 29.8 Å². The number of amides is 1.